The van der Waals surface area contributed by atoms with Crippen LogP contribution in [0.4, 0.5) is 5.69 Å². The molecule has 3 rings (SSSR count). The first-order chi connectivity index (χ1) is 8.27. The van der Waals surface area contributed by atoms with Crippen LogP contribution in [0.3, 0.4) is 0 Å². The molecule has 88 valence electrons. The lowest BCUT2D eigenvalue weighted by molar-refractivity contribution is 0.489. The largest absolute Gasteiger partial charge is 0.398 e. The second-order valence-corrected chi connectivity index (χ2v) is 4.73. The highest BCUT2D eigenvalue weighted by molar-refractivity contribution is 5.72. The number of anilines is 1. The molecule has 17 heavy (non-hydrogen) atoms. The highest BCUT2D eigenvalue weighted by Crippen LogP contribution is 2.41. The third kappa shape index (κ3) is 1.79. The lowest BCUT2D eigenvalue weighted by Crippen LogP contribution is -2.08. The molecule has 4 nitrogen and oxygen atoms in total. The standard InChI is InChI=1S/C13H16N4/c1-9(10-2-3-10)17-8-16-7-13(17)11-6-15-5-4-12(11)14/h4-10H,2-3H2,1H3,(H2,14,15). The van der Waals surface area contributed by atoms with E-state index in [0.717, 1.165) is 22.9 Å². The van der Waals surface area contributed by atoms with Gasteiger partial charge in [-0.15, -0.1) is 0 Å². The van der Waals surface area contributed by atoms with E-state index in [-0.39, 0.29) is 0 Å². The molecule has 1 saturated carbocycles. The highest BCUT2D eigenvalue weighted by Gasteiger charge is 2.30. The van der Waals surface area contributed by atoms with E-state index >= 15 is 0 Å². The SMILES string of the molecule is CC(C1CC1)n1cncc1-c1cnccc1N. The normalized spacial score (nSPS) is 17.0. The summed E-state index contributed by atoms with van der Waals surface area (Å²) in [5.74, 6) is 0.792. The highest BCUT2D eigenvalue weighted by atomic mass is 15.1. The van der Waals surface area contributed by atoms with Crippen LogP contribution < -0.4 is 5.73 Å². The molecule has 0 spiro atoms. The van der Waals surface area contributed by atoms with E-state index in [2.05, 4.69) is 21.5 Å². The maximum atomic E-state index is 5.99. The zero-order valence-corrected chi connectivity index (χ0v) is 9.87. The van der Waals surface area contributed by atoms with Crippen LogP contribution in [-0.2, 0) is 0 Å². The Balaban J connectivity index is 2.03. The first-order valence-corrected chi connectivity index (χ1v) is 5.99. The number of imidazole rings is 1. The van der Waals surface area contributed by atoms with E-state index in [1.54, 1.807) is 6.20 Å². The van der Waals surface area contributed by atoms with Crippen molar-refractivity contribution in [1.29, 1.82) is 0 Å². The summed E-state index contributed by atoms with van der Waals surface area (Å²) >= 11 is 0. The molecule has 2 heterocycles. The smallest absolute Gasteiger partial charge is 0.0953 e. The second kappa shape index (κ2) is 3.87. The fourth-order valence-corrected chi connectivity index (χ4v) is 2.26. The van der Waals surface area contributed by atoms with Gasteiger partial charge in [-0.25, -0.2) is 4.98 Å². The van der Waals surface area contributed by atoms with Crippen molar-refractivity contribution in [3.63, 3.8) is 0 Å². The number of nitrogens with two attached hydrogens (primary N) is 1. The molecule has 1 aliphatic rings. The predicted molar refractivity (Wildman–Crippen MR) is 67.3 cm³/mol. The lowest BCUT2D eigenvalue weighted by atomic mass is 10.1. The molecule has 0 amide bonds. The van der Waals surface area contributed by atoms with Gasteiger partial charge in [0.25, 0.3) is 0 Å². The molecule has 2 aromatic heterocycles. The molecule has 0 radical (unpaired) electrons. The minimum Gasteiger partial charge on any atom is -0.398 e. The van der Waals surface area contributed by atoms with Crippen molar-refractivity contribution >= 4 is 5.69 Å². The minimum absolute atomic E-state index is 0.493. The van der Waals surface area contributed by atoms with E-state index in [1.165, 1.54) is 12.8 Å². The first kappa shape index (κ1) is 10.3. The van der Waals surface area contributed by atoms with Crippen molar-refractivity contribution in [2.75, 3.05) is 5.73 Å². The van der Waals surface area contributed by atoms with E-state index < -0.39 is 0 Å². The average molecular weight is 228 g/mol. The summed E-state index contributed by atoms with van der Waals surface area (Å²) in [5, 5.41) is 0. The summed E-state index contributed by atoms with van der Waals surface area (Å²) in [6, 6.07) is 2.32. The predicted octanol–water partition coefficient (Wildman–Crippen LogP) is 2.50. The number of nitrogens with zero attached hydrogens (tertiary/aromatic N) is 3. The van der Waals surface area contributed by atoms with Crippen molar-refractivity contribution in [2.45, 2.75) is 25.8 Å². The van der Waals surface area contributed by atoms with Gasteiger partial charge in [-0.2, -0.15) is 0 Å². The van der Waals surface area contributed by atoms with Gasteiger partial charge in [0.15, 0.2) is 0 Å². The summed E-state index contributed by atoms with van der Waals surface area (Å²) in [7, 11) is 0. The van der Waals surface area contributed by atoms with Gasteiger partial charge in [0.1, 0.15) is 0 Å². The maximum absolute atomic E-state index is 5.99. The van der Waals surface area contributed by atoms with Gasteiger partial charge in [-0.1, -0.05) is 0 Å². The van der Waals surface area contributed by atoms with Gasteiger partial charge in [0, 0.05) is 29.7 Å². The molecule has 1 aliphatic carbocycles. The summed E-state index contributed by atoms with van der Waals surface area (Å²) < 4.78 is 2.21. The molecule has 0 aliphatic heterocycles. The van der Waals surface area contributed by atoms with Crippen molar-refractivity contribution in [3.05, 3.63) is 31.0 Å². The number of hydrogen-bond donors (Lipinski definition) is 1. The first-order valence-electron chi connectivity index (χ1n) is 5.99. The zero-order chi connectivity index (χ0) is 11.8. The molecule has 2 aromatic rings. The fourth-order valence-electron chi connectivity index (χ4n) is 2.26. The number of pyridine rings is 1. The Morgan fingerprint density at radius 1 is 1.35 bits per heavy atom. The quantitative estimate of drug-likeness (QED) is 0.878. The molecule has 4 heteroatoms. The summed E-state index contributed by atoms with van der Waals surface area (Å²) in [6.07, 6.45) is 9.92. The third-order valence-electron chi connectivity index (χ3n) is 3.54. The van der Waals surface area contributed by atoms with Crippen molar-refractivity contribution in [1.82, 2.24) is 14.5 Å². The van der Waals surface area contributed by atoms with Crippen LogP contribution in [0.15, 0.2) is 31.0 Å². The maximum Gasteiger partial charge on any atom is 0.0953 e. The number of nitrogen functional groups attached to an aromatic ring is 1. The van der Waals surface area contributed by atoms with Crippen LogP contribution in [0.5, 0.6) is 0 Å². The summed E-state index contributed by atoms with van der Waals surface area (Å²) in [5.41, 5.74) is 8.78. The van der Waals surface area contributed by atoms with Crippen LogP contribution in [0.2, 0.25) is 0 Å². The third-order valence-corrected chi connectivity index (χ3v) is 3.54. The van der Waals surface area contributed by atoms with Gasteiger partial charge >= 0.3 is 0 Å². The van der Waals surface area contributed by atoms with Crippen molar-refractivity contribution < 1.29 is 0 Å². The van der Waals surface area contributed by atoms with E-state index in [1.807, 2.05) is 24.8 Å². The van der Waals surface area contributed by atoms with Crippen LogP contribution in [0.1, 0.15) is 25.8 Å². The second-order valence-electron chi connectivity index (χ2n) is 4.73. The van der Waals surface area contributed by atoms with Gasteiger partial charge < -0.3 is 10.3 Å². The van der Waals surface area contributed by atoms with Crippen LogP contribution >= 0.6 is 0 Å². The Morgan fingerprint density at radius 2 is 2.18 bits per heavy atom. The Hall–Kier alpha value is -1.84. The zero-order valence-electron chi connectivity index (χ0n) is 9.87. The molecule has 0 bridgehead atoms. The van der Waals surface area contributed by atoms with Crippen molar-refractivity contribution in [2.24, 2.45) is 5.92 Å². The molecular formula is C13H16N4. The summed E-state index contributed by atoms with van der Waals surface area (Å²) in [4.78, 5) is 8.39. The molecular weight excluding hydrogens is 212 g/mol. The van der Waals surface area contributed by atoms with E-state index in [0.29, 0.717) is 6.04 Å². The summed E-state index contributed by atoms with van der Waals surface area (Å²) in [6.45, 7) is 2.25. The van der Waals surface area contributed by atoms with E-state index in [4.69, 9.17) is 5.73 Å². The average Bonchev–Trinajstić information content (AvgIpc) is 3.07. The molecule has 0 saturated heterocycles. The van der Waals surface area contributed by atoms with Crippen molar-refractivity contribution in [3.8, 4) is 11.3 Å². The molecule has 2 N–H and O–H groups in total. The van der Waals surface area contributed by atoms with E-state index in [9.17, 15) is 0 Å². The van der Waals surface area contributed by atoms with Crippen LogP contribution in [0, 0.1) is 5.92 Å². The minimum atomic E-state index is 0.493. The van der Waals surface area contributed by atoms with Crippen LogP contribution in [-0.4, -0.2) is 14.5 Å². The molecule has 1 fully saturated rings. The number of rotatable bonds is 3. The molecule has 0 aromatic carbocycles. The number of aromatic nitrogens is 3. The lowest BCUT2D eigenvalue weighted by Gasteiger charge is -2.16. The monoisotopic (exact) mass is 228 g/mol. The topological polar surface area (TPSA) is 56.7 Å². The fraction of sp³-hybridized carbons (Fsp3) is 0.385. The van der Waals surface area contributed by atoms with Gasteiger partial charge in [-0.05, 0) is 31.7 Å². The number of hydrogen-bond acceptors (Lipinski definition) is 3. The Bertz CT molecular complexity index is 528. The molecule has 1 unspecified atom stereocenters. The Kier molecular flexibility index (Phi) is 2.35. The van der Waals surface area contributed by atoms with Crippen LogP contribution in [0.25, 0.3) is 11.3 Å². The Morgan fingerprint density at radius 3 is 2.88 bits per heavy atom. The van der Waals surface area contributed by atoms with Gasteiger partial charge in [0.05, 0.1) is 18.2 Å². The molecule has 1 atom stereocenters. The Labute approximate surface area is 101 Å². The van der Waals surface area contributed by atoms with Gasteiger partial charge in [0.2, 0.25) is 0 Å². The van der Waals surface area contributed by atoms with Gasteiger partial charge in [-0.3, -0.25) is 4.98 Å².